The molecule has 0 aromatic carbocycles. The van der Waals surface area contributed by atoms with E-state index in [1.165, 1.54) is 25.0 Å². The molecule has 2 heterocycles. The summed E-state index contributed by atoms with van der Waals surface area (Å²) in [6.07, 6.45) is 10.0. The zero-order chi connectivity index (χ0) is 18.5. The molecule has 0 spiro atoms. The average molecular weight is 358 g/mol. The van der Waals surface area contributed by atoms with E-state index in [0.29, 0.717) is 24.4 Å². The molecule has 2 rings (SSSR count). The molecule has 0 unspecified atom stereocenters. The van der Waals surface area contributed by atoms with Gasteiger partial charge in [0.15, 0.2) is 0 Å². The number of hydrogen-bond donors (Lipinski definition) is 2. The fourth-order valence-corrected chi connectivity index (χ4v) is 2.10. The second-order valence-electron chi connectivity index (χ2n) is 5.53. The number of carbonyl (C=O) groups is 2. The normalized spacial score (nSPS) is 11.2. The topological polar surface area (TPSA) is 109 Å². The van der Waals surface area contributed by atoms with Crippen LogP contribution in [0, 0.1) is 0 Å². The first-order valence-corrected chi connectivity index (χ1v) is 8.45. The van der Waals surface area contributed by atoms with E-state index >= 15 is 0 Å². The molecule has 8 heteroatoms. The highest BCUT2D eigenvalue weighted by molar-refractivity contribution is 5.80. The van der Waals surface area contributed by atoms with Crippen molar-refractivity contribution in [2.24, 2.45) is 10.2 Å². The van der Waals surface area contributed by atoms with Crippen LogP contribution in [0.25, 0.3) is 0 Å². The second-order valence-corrected chi connectivity index (χ2v) is 5.53. The number of nitrogens with one attached hydrogen (secondary N) is 2. The highest BCUT2D eigenvalue weighted by Crippen LogP contribution is 2.05. The summed E-state index contributed by atoms with van der Waals surface area (Å²) in [6.45, 7) is 0. The first-order chi connectivity index (χ1) is 12.7. The van der Waals surface area contributed by atoms with E-state index in [9.17, 15) is 9.59 Å². The molecule has 0 aliphatic rings. The van der Waals surface area contributed by atoms with E-state index in [0.717, 1.165) is 25.7 Å². The van der Waals surface area contributed by atoms with Crippen LogP contribution >= 0.6 is 0 Å². The lowest BCUT2D eigenvalue weighted by molar-refractivity contribution is -0.122. The molecule has 2 N–H and O–H groups in total. The first kappa shape index (κ1) is 19.2. The van der Waals surface area contributed by atoms with Crippen LogP contribution in [0.3, 0.4) is 0 Å². The van der Waals surface area contributed by atoms with Crippen LogP contribution in [0.4, 0.5) is 0 Å². The maximum Gasteiger partial charge on any atom is 0.240 e. The van der Waals surface area contributed by atoms with Gasteiger partial charge in [-0.2, -0.15) is 10.2 Å². The van der Waals surface area contributed by atoms with Gasteiger partial charge in [-0.3, -0.25) is 9.59 Å². The lowest BCUT2D eigenvalue weighted by Crippen LogP contribution is -2.17. The van der Waals surface area contributed by atoms with Crippen LogP contribution < -0.4 is 10.9 Å². The van der Waals surface area contributed by atoms with Gasteiger partial charge in [-0.1, -0.05) is 12.8 Å². The minimum absolute atomic E-state index is 0.141. The molecule has 26 heavy (non-hydrogen) atoms. The average Bonchev–Trinajstić information content (AvgIpc) is 3.32. The van der Waals surface area contributed by atoms with Crippen molar-refractivity contribution in [3.63, 3.8) is 0 Å². The van der Waals surface area contributed by atoms with Crippen molar-refractivity contribution < 1.29 is 18.4 Å². The molecule has 138 valence electrons. The van der Waals surface area contributed by atoms with Crippen LogP contribution in [0.15, 0.2) is 55.8 Å². The van der Waals surface area contributed by atoms with Crippen molar-refractivity contribution in [3.05, 3.63) is 48.3 Å². The van der Waals surface area contributed by atoms with E-state index in [2.05, 4.69) is 21.1 Å². The Morgan fingerprint density at radius 2 is 1.27 bits per heavy atom. The molecule has 2 aromatic heterocycles. The number of hydrazone groups is 2. The molecule has 0 aliphatic heterocycles. The Hall–Kier alpha value is -3.16. The third-order valence-electron chi connectivity index (χ3n) is 3.41. The molecule has 8 nitrogen and oxygen atoms in total. The molecule has 2 aromatic rings. The number of furan rings is 2. The number of rotatable bonds is 11. The number of carbonyl (C=O) groups excluding carboxylic acids is 2. The number of nitrogens with zero attached hydrogens (tertiary/aromatic N) is 2. The van der Waals surface area contributed by atoms with Crippen molar-refractivity contribution in [1.29, 1.82) is 0 Å². The van der Waals surface area contributed by atoms with E-state index in [4.69, 9.17) is 8.83 Å². The number of hydrogen-bond acceptors (Lipinski definition) is 6. The van der Waals surface area contributed by atoms with Gasteiger partial charge in [0.2, 0.25) is 11.8 Å². The lowest BCUT2D eigenvalue weighted by atomic mass is 10.1. The Labute approximate surface area is 151 Å². The fraction of sp³-hybridized carbons (Fsp3) is 0.333. The van der Waals surface area contributed by atoms with E-state index in [-0.39, 0.29) is 11.8 Å². The van der Waals surface area contributed by atoms with Crippen LogP contribution in [-0.2, 0) is 9.59 Å². The van der Waals surface area contributed by atoms with Gasteiger partial charge in [0.25, 0.3) is 0 Å². The van der Waals surface area contributed by atoms with E-state index < -0.39 is 0 Å². The summed E-state index contributed by atoms with van der Waals surface area (Å²) in [5.74, 6) is 0.879. The van der Waals surface area contributed by atoms with Crippen molar-refractivity contribution in [2.75, 3.05) is 0 Å². The van der Waals surface area contributed by atoms with Gasteiger partial charge >= 0.3 is 0 Å². The van der Waals surface area contributed by atoms with Crippen molar-refractivity contribution >= 4 is 24.2 Å². The summed E-state index contributed by atoms with van der Waals surface area (Å²) in [7, 11) is 0. The predicted octanol–water partition coefficient (Wildman–Crippen LogP) is 2.81. The number of unbranched alkanes of at least 4 members (excludes halogenated alkanes) is 3. The first-order valence-electron chi connectivity index (χ1n) is 8.45. The quantitative estimate of drug-likeness (QED) is 0.366. The third-order valence-corrected chi connectivity index (χ3v) is 3.41. The van der Waals surface area contributed by atoms with Crippen molar-refractivity contribution in [1.82, 2.24) is 10.9 Å². The molecule has 0 bridgehead atoms. The second kappa shape index (κ2) is 11.4. The molecule has 0 fully saturated rings. The zero-order valence-corrected chi connectivity index (χ0v) is 14.4. The summed E-state index contributed by atoms with van der Waals surface area (Å²) in [4.78, 5) is 23.2. The Morgan fingerprint density at radius 1 is 0.808 bits per heavy atom. The molecular formula is C18H22N4O4. The molecule has 0 saturated carbocycles. The van der Waals surface area contributed by atoms with Gasteiger partial charge < -0.3 is 8.83 Å². The smallest absolute Gasteiger partial charge is 0.240 e. The fourth-order valence-electron chi connectivity index (χ4n) is 2.10. The van der Waals surface area contributed by atoms with Crippen LogP contribution in [-0.4, -0.2) is 24.2 Å². The van der Waals surface area contributed by atoms with Gasteiger partial charge in [0.1, 0.15) is 11.5 Å². The highest BCUT2D eigenvalue weighted by atomic mass is 16.3. The summed E-state index contributed by atoms with van der Waals surface area (Å²) in [5, 5.41) is 7.62. The summed E-state index contributed by atoms with van der Waals surface area (Å²) in [6, 6.07) is 6.98. The monoisotopic (exact) mass is 358 g/mol. The largest absolute Gasteiger partial charge is 0.463 e. The van der Waals surface area contributed by atoms with E-state index in [1.54, 1.807) is 24.3 Å². The van der Waals surface area contributed by atoms with Gasteiger partial charge in [0.05, 0.1) is 25.0 Å². The van der Waals surface area contributed by atoms with Crippen molar-refractivity contribution in [2.45, 2.75) is 38.5 Å². The molecular weight excluding hydrogens is 336 g/mol. The molecule has 2 amide bonds. The summed E-state index contributed by atoms with van der Waals surface area (Å²) >= 11 is 0. The maximum absolute atomic E-state index is 11.6. The predicted molar refractivity (Wildman–Crippen MR) is 96.6 cm³/mol. The SMILES string of the molecule is O=C(CCCCCCC(=O)N/N=C\c1ccco1)N/N=C\c1ccco1. The summed E-state index contributed by atoms with van der Waals surface area (Å²) in [5.41, 5.74) is 4.90. The minimum Gasteiger partial charge on any atom is -0.463 e. The van der Waals surface area contributed by atoms with Gasteiger partial charge in [-0.25, -0.2) is 10.9 Å². The van der Waals surface area contributed by atoms with Gasteiger partial charge in [-0.15, -0.1) is 0 Å². The maximum atomic E-state index is 11.6. The highest BCUT2D eigenvalue weighted by Gasteiger charge is 2.02. The van der Waals surface area contributed by atoms with Crippen molar-refractivity contribution in [3.8, 4) is 0 Å². The standard InChI is InChI=1S/C18H22N4O4/c23-17(21-19-13-15-7-5-11-25-15)9-3-1-2-4-10-18(24)22-20-14-16-8-6-12-26-16/h5-8,11-14H,1-4,9-10H2,(H,21,23)(H,22,24)/b19-13-,20-14-. The Morgan fingerprint density at radius 3 is 1.65 bits per heavy atom. The third kappa shape index (κ3) is 8.09. The van der Waals surface area contributed by atoms with Gasteiger partial charge in [0, 0.05) is 12.8 Å². The molecule has 0 aliphatic carbocycles. The van der Waals surface area contributed by atoms with E-state index in [1.807, 2.05) is 0 Å². The minimum atomic E-state index is -0.141. The Bertz CT molecular complexity index is 643. The Balaban J connectivity index is 1.44. The number of amides is 2. The molecule has 0 radical (unpaired) electrons. The van der Waals surface area contributed by atoms with Crippen LogP contribution in [0.1, 0.15) is 50.0 Å². The molecule has 0 saturated heterocycles. The lowest BCUT2D eigenvalue weighted by Gasteiger charge is -2.01. The van der Waals surface area contributed by atoms with Gasteiger partial charge in [-0.05, 0) is 37.1 Å². The van der Waals surface area contributed by atoms with Crippen LogP contribution in [0.5, 0.6) is 0 Å². The zero-order valence-electron chi connectivity index (χ0n) is 14.4. The molecule has 0 atom stereocenters. The van der Waals surface area contributed by atoms with Crippen LogP contribution in [0.2, 0.25) is 0 Å². The Kier molecular flexibility index (Phi) is 8.41. The summed E-state index contributed by atoms with van der Waals surface area (Å²) < 4.78 is 10.1.